The van der Waals surface area contributed by atoms with E-state index >= 15 is 0 Å². The molecule has 0 radical (unpaired) electrons. The minimum Gasteiger partial charge on any atom is -0.496 e. The number of ether oxygens (including phenoxy) is 1. The van der Waals surface area contributed by atoms with Gasteiger partial charge in [0.1, 0.15) is 5.75 Å². The first-order valence-electron chi connectivity index (χ1n) is 7.18. The zero-order chi connectivity index (χ0) is 13.8. The summed E-state index contributed by atoms with van der Waals surface area (Å²) in [6.07, 6.45) is 4.71. The van der Waals surface area contributed by atoms with Gasteiger partial charge in [-0.1, -0.05) is 18.2 Å². The Kier molecular flexibility index (Phi) is 4.83. The Morgan fingerprint density at radius 3 is 2.37 bits per heavy atom. The van der Waals surface area contributed by atoms with Gasteiger partial charge in [-0.05, 0) is 51.8 Å². The van der Waals surface area contributed by atoms with Gasteiger partial charge in [0, 0.05) is 17.6 Å². The van der Waals surface area contributed by atoms with Crippen LogP contribution in [0, 0.1) is 5.92 Å². The van der Waals surface area contributed by atoms with Crippen molar-refractivity contribution in [2.75, 3.05) is 21.2 Å². The number of benzene rings is 1. The summed E-state index contributed by atoms with van der Waals surface area (Å²) in [6, 6.07) is 9.20. The van der Waals surface area contributed by atoms with Crippen LogP contribution in [-0.4, -0.2) is 32.1 Å². The van der Waals surface area contributed by atoms with Gasteiger partial charge in [-0.3, -0.25) is 0 Å². The maximum absolute atomic E-state index is 6.03. The molecule has 0 spiro atoms. The summed E-state index contributed by atoms with van der Waals surface area (Å²) in [7, 11) is 6.07. The average Bonchev–Trinajstić information content (AvgIpc) is 2.41. The van der Waals surface area contributed by atoms with E-state index in [9.17, 15) is 0 Å². The zero-order valence-corrected chi connectivity index (χ0v) is 12.3. The van der Waals surface area contributed by atoms with E-state index in [0.29, 0.717) is 18.0 Å². The van der Waals surface area contributed by atoms with Crippen molar-refractivity contribution in [3.8, 4) is 5.75 Å². The maximum atomic E-state index is 6.03. The van der Waals surface area contributed by atoms with Crippen molar-refractivity contribution in [1.29, 1.82) is 0 Å². The third-order valence-corrected chi connectivity index (χ3v) is 4.28. The third-order valence-electron chi connectivity index (χ3n) is 4.28. The lowest BCUT2D eigenvalue weighted by Gasteiger charge is -2.37. The molecule has 1 aliphatic carbocycles. The lowest BCUT2D eigenvalue weighted by atomic mass is 9.79. The molecule has 1 fully saturated rings. The summed E-state index contributed by atoms with van der Waals surface area (Å²) >= 11 is 0. The summed E-state index contributed by atoms with van der Waals surface area (Å²) in [5.41, 5.74) is 7.33. The highest BCUT2D eigenvalue weighted by molar-refractivity contribution is 5.36. The largest absolute Gasteiger partial charge is 0.496 e. The van der Waals surface area contributed by atoms with Crippen LogP contribution in [-0.2, 0) is 0 Å². The van der Waals surface area contributed by atoms with Crippen molar-refractivity contribution in [1.82, 2.24) is 4.90 Å². The summed E-state index contributed by atoms with van der Waals surface area (Å²) in [4.78, 5) is 2.32. The molecular weight excluding hydrogens is 236 g/mol. The van der Waals surface area contributed by atoms with Crippen LogP contribution in [0.1, 0.15) is 37.3 Å². The minimum absolute atomic E-state index is 0.400. The second-order valence-corrected chi connectivity index (χ2v) is 5.83. The Labute approximate surface area is 116 Å². The van der Waals surface area contributed by atoms with Crippen LogP contribution in [0.2, 0.25) is 0 Å². The van der Waals surface area contributed by atoms with Gasteiger partial charge in [0.2, 0.25) is 0 Å². The van der Waals surface area contributed by atoms with Crippen LogP contribution in [0.4, 0.5) is 0 Å². The molecule has 106 valence electrons. The van der Waals surface area contributed by atoms with Gasteiger partial charge >= 0.3 is 0 Å². The van der Waals surface area contributed by atoms with Gasteiger partial charge in [0.25, 0.3) is 0 Å². The molecule has 3 heteroatoms. The summed E-state index contributed by atoms with van der Waals surface area (Å²) in [5.74, 6) is 1.67. The Hall–Kier alpha value is -1.06. The Bertz CT molecular complexity index is 397. The van der Waals surface area contributed by atoms with E-state index in [0.717, 1.165) is 18.6 Å². The highest BCUT2D eigenvalue weighted by atomic mass is 16.5. The van der Waals surface area contributed by atoms with Gasteiger partial charge in [-0.2, -0.15) is 0 Å². The van der Waals surface area contributed by atoms with E-state index < -0.39 is 0 Å². The summed E-state index contributed by atoms with van der Waals surface area (Å²) in [5, 5.41) is 0. The topological polar surface area (TPSA) is 38.5 Å². The standard InChI is InChI=1S/C16H26N2O/c1-18(2)16(12-8-10-13(17)11-9-12)14-6-4-5-7-15(14)19-3/h4-7,12-13,16H,8-11,17H2,1-3H3. The van der Waals surface area contributed by atoms with Crippen LogP contribution in [0.5, 0.6) is 5.75 Å². The number of hydrogen-bond donors (Lipinski definition) is 1. The number of nitrogens with two attached hydrogens (primary N) is 1. The SMILES string of the molecule is COc1ccccc1C(C1CCC(N)CC1)N(C)C. The molecule has 19 heavy (non-hydrogen) atoms. The first-order valence-corrected chi connectivity index (χ1v) is 7.18. The van der Waals surface area contributed by atoms with Crippen molar-refractivity contribution < 1.29 is 4.74 Å². The molecule has 0 aromatic heterocycles. The highest BCUT2D eigenvalue weighted by Gasteiger charge is 2.30. The number of rotatable bonds is 4. The van der Waals surface area contributed by atoms with Gasteiger partial charge < -0.3 is 15.4 Å². The quantitative estimate of drug-likeness (QED) is 0.907. The number of nitrogens with zero attached hydrogens (tertiary/aromatic N) is 1. The van der Waals surface area contributed by atoms with Gasteiger partial charge in [-0.15, -0.1) is 0 Å². The molecule has 1 aliphatic rings. The Morgan fingerprint density at radius 2 is 1.79 bits per heavy atom. The highest BCUT2D eigenvalue weighted by Crippen LogP contribution is 2.40. The molecule has 3 nitrogen and oxygen atoms in total. The molecule has 1 saturated carbocycles. The van der Waals surface area contributed by atoms with E-state index in [1.54, 1.807) is 7.11 Å². The molecule has 0 saturated heterocycles. The van der Waals surface area contributed by atoms with Gasteiger partial charge in [-0.25, -0.2) is 0 Å². The zero-order valence-electron chi connectivity index (χ0n) is 12.3. The molecule has 0 heterocycles. The van der Waals surface area contributed by atoms with E-state index in [1.807, 2.05) is 6.07 Å². The van der Waals surface area contributed by atoms with Crippen molar-refractivity contribution >= 4 is 0 Å². The van der Waals surface area contributed by atoms with Crippen LogP contribution in [0.3, 0.4) is 0 Å². The van der Waals surface area contributed by atoms with Crippen molar-refractivity contribution in [2.45, 2.75) is 37.8 Å². The third kappa shape index (κ3) is 3.28. The first kappa shape index (κ1) is 14.4. The molecule has 1 aromatic rings. The Morgan fingerprint density at radius 1 is 1.16 bits per heavy atom. The van der Waals surface area contributed by atoms with E-state index in [1.165, 1.54) is 18.4 Å². The lowest BCUT2D eigenvalue weighted by Crippen LogP contribution is -2.34. The molecule has 2 rings (SSSR count). The molecule has 2 N–H and O–H groups in total. The fourth-order valence-corrected chi connectivity index (χ4v) is 3.33. The number of methoxy groups -OCH3 is 1. The second kappa shape index (κ2) is 6.40. The molecule has 0 amide bonds. The van der Waals surface area contributed by atoms with E-state index in [-0.39, 0.29) is 0 Å². The average molecular weight is 262 g/mol. The lowest BCUT2D eigenvalue weighted by molar-refractivity contribution is 0.161. The normalized spacial score (nSPS) is 25.3. The van der Waals surface area contributed by atoms with Crippen molar-refractivity contribution in [3.63, 3.8) is 0 Å². The summed E-state index contributed by atoms with van der Waals surface area (Å²) < 4.78 is 5.54. The van der Waals surface area contributed by atoms with E-state index in [2.05, 4.69) is 37.2 Å². The smallest absolute Gasteiger partial charge is 0.123 e. The molecule has 1 atom stereocenters. The van der Waals surface area contributed by atoms with Gasteiger partial charge in [0.05, 0.1) is 7.11 Å². The maximum Gasteiger partial charge on any atom is 0.123 e. The van der Waals surface area contributed by atoms with Crippen LogP contribution in [0.15, 0.2) is 24.3 Å². The predicted octanol–water partition coefficient (Wildman–Crippen LogP) is 2.82. The van der Waals surface area contributed by atoms with E-state index in [4.69, 9.17) is 10.5 Å². The van der Waals surface area contributed by atoms with Crippen LogP contribution >= 0.6 is 0 Å². The monoisotopic (exact) mass is 262 g/mol. The number of para-hydroxylation sites is 1. The van der Waals surface area contributed by atoms with Gasteiger partial charge in [0.15, 0.2) is 0 Å². The van der Waals surface area contributed by atoms with Crippen LogP contribution in [0.25, 0.3) is 0 Å². The van der Waals surface area contributed by atoms with Crippen LogP contribution < -0.4 is 10.5 Å². The number of hydrogen-bond acceptors (Lipinski definition) is 3. The molecule has 1 unspecified atom stereocenters. The second-order valence-electron chi connectivity index (χ2n) is 5.83. The van der Waals surface area contributed by atoms with Crippen molar-refractivity contribution in [2.24, 2.45) is 11.7 Å². The molecule has 0 aliphatic heterocycles. The fourth-order valence-electron chi connectivity index (χ4n) is 3.33. The Balaban J connectivity index is 2.24. The minimum atomic E-state index is 0.400. The fraction of sp³-hybridized carbons (Fsp3) is 0.625. The molecule has 0 bridgehead atoms. The predicted molar refractivity (Wildman–Crippen MR) is 79.4 cm³/mol. The summed E-state index contributed by atoms with van der Waals surface area (Å²) in [6.45, 7) is 0. The van der Waals surface area contributed by atoms with Crippen molar-refractivity contribution in [3.05, 3.63) is 29.8 Å². The molecular formula is C16H26N2O. The first-order chi connectivity index (χ1) is 9.13. The molecule has 1 aromatic carbocycles.